The number of hydrogen-bond acceptors (Lipinski definition) is 6. The van der Waals surface area contributed by atoms with Crippen LogP contribution < -0.4 is 20.9 Å². The molecule has 0 aliphatic carbocycles. The summed E-state index contributed by atoms with van der Waals surface area (Å²) in [4.78, 5) is 36.0. The lowest BCUT2D eigenvalue weighted by atomic mass is 10.2. The summed E-state index contributed by atoms with van der Waals surface area (Å²) in [5.74, 6) is 0.358. The van der Waals surface area contributed by atoms with Gasteiger partial charge in [-0.05, 0) is 29.8 Å². The Hall–Kier alpha value is -3.20. The van der Waals surface area contributed by atoms with Crippen molar-refractivity contribution in [2.75, 3.05) is 50.5 Å². The monoisotopic (exact) mass is 383 g/mol. The number of pyridine rings is 2. The Balaban J connectivity index is 1.53. The molecular weight excluding hydrogens is 358 g/mol. The highest BCUT2D eigenvalue weighted by molar-refractivity contribution is 5.92. The molecule has 3 amide bonds. The molecule has 9 nitrogen and oxygen atoms in total. The van der Waals surface area contributed by atoms with E-state index in [2.05, 4.69) is 35.7 Å². The number of nitrogens with zero attached hydrogens (tertiary/aromatic N) is 4. The van der Waals surface area contributed by atoms with Crippen LogP contribution in [0.2, 0.25) is 0 Å². The molecule has 0 aromatic carbocycles. The topological polar surface area (TPSA) is 102 Å². The van der Waals surface area contributed by atoms with Crippen molar-refractivity contribution in [3.05, 3.63) is 47.9 Å². The van der Waals surface area contributed by atoms with Crippen molar-refractivity contribution in [3.8, 4) is 0 Å². The van der Waals surface area contributed by atoms with Crippen LogP contribution in [0.3, 0.4) is 0 Å². The highest BCUT2D eigenvalue weighted by atomic mass is 16.2. The van der Waals surface area contributed by atoms with E-state index in [0.29, 0.717) is 11.5 Å². The lowest BCUT2D eigenvalue weighted by Crippen LogP contribution is -2.46. The van der Waals surface area contributed by atoms with Crippen LogP contribution in [0, 0.1) is 0 Å². The zero-order valence-corrected chi connectivity index (χ0v) is 16.1. The number of carbonyl (C=O) groups is 2. The van der Waals surface area contributed by atoms with Crippen LogP contribution >= 0.6 is 0 Å². The second-order valence-corrected chi connectivity index (χ2v) is 6.50. The predicted molar refractivity (Wildman–Crippen MR) is 107 cm³/mol. The van der Waals surface area contributed by atoms with E-state index in [-0.39, 0.29) is 11.9 Å². The number of urea groups is 1. The van der Waals surface area contributed by atoms with Crippen molar-refractivity contribution >= 4 is 23.4 Å². The molecule has 3 N–H and O–H groups in total. The Kier molecular flexibility index (Phi) is 6.38. The zero-order chi connectivity index (χ0) is 19.9. The van der Waals surface area contributed by atoms with E-state index in [1.54, 1.807) is 32.6 Å². The first-order valence-corrected chi connectivity index (χ1v) is 9.18. The second kappa shape index (κ2) is 9.14. The molecular formula is C19H25N7O2. The fraction of sp³-hybridized carbons (Fsp3) is 0.368. The molecule has 2 aromatic rings. The largest absolute Gasteiger partial charge is 0.368 e. The standard InChI is InChI=1S/C19H25N7O2/c1-20-18(27)16-4-3-15(12-23-16)26-9-7-25(8-10-26)13-14-5-6-22-17(11-14)24-19(28)21-2/h3-6,11-12H,7-10,13H2,1-2H3,(H,20,27)(H2,21,22,24,28). The quantitative estimate of drug-likeness (QED) is 0.709. The fourth-order valence-electron chi connectivity index (χ4n) is 3.08. The van der Waals surface area contributed by atoms with Gasteiger partial charge in [-0.2, -0.15) is 0 Å². The Labute approximate surface area is 164 Å². The molecule has 0 saturated carbocycles. The molecule has 1 aliphatic rings. The third kappa shape index (κ3) is 4.95. The highest BCUT2D eigenvalue weighted by Crippen LogP contribution is 2.17. The van der Waals surface area contributed by atoms with Gasteiger partial charge in [-0.1, -0.05) is 0 Å². The fourth-order valence-corrected chi connectivity index (χ4v) is 3.08. The van der Waals surface area contributed by atoms with Crippen molar-refractivity contribution in [2.45, 2.75) is 6.54 Å². The van der Waals surface area contributed by atoms with Crippen LogP contribution in [-0.2, 0) is 6.54 Å². The van der Waals surface area contributed by atoms with E-state index >= 15 is 0 Å². The molecule has 0 radical (unpaired) electrons. The first-order chi connectivity index (χ1) is 13.6. The SMILES string of the molecule is CNC(=O)Nc1cc(CN2CCN(c3ccc(C(=O)NC)nc3)CC2)ccn1. The Morgan fingerprint density at radius 3 is 2.46 bits per heavy atom. The minimum atomic E-state index is -0.283. The highest BCUT2D eigenvalue weighted by Gasteiger charge is 2.18. The van der Waals surface area contributed by atoms with Gasteiger partial charge in [-0.3, -0.25) is 15.0 Å². The number of rotatable bonds is 5. The van der Waals surface area contributed by atoms with Gasteiger partial charge in [0.2, 0.25) is 0 Å². The molecule has 3 heterocycles. The van der Waals surface area contributed by atoms with Gasteiger partial charge in [-0.15, -0.1) is 0 Å². The molecule has 1 saturated heterocycles. The minimum absolute atomic E-state index is 0.181. The molecule has 1 fully saturated rings. The summed E-state index contributed by atoms with van der Waals surface area (Å²) in [5.41, 5.74) is 2.54. The number of anilines is 2. The second-order valence-electron chi connectivity index (χ2n) is 6.50. The maximum atomic E-state index is 11.6. The van der Waals surface area contributed by atoms with Gasteiger partial charge >= 0.3 is 6.03 Å². The van der Waals surface area contributed by atoms with Crippen LogP contribution in [0.1, 0.15) is 16.1 Å². The van der Waals surface area contributed by atoms with Crippen molar-refractivity contribution in [2.24, 2.45) is 0 Å². The van der Waals surface area contributed by atoms with E-state index in [9.17, 15) is 9.59 Å². The van der Waals surface area contributed by atoms with E-state index in [0.717, 1.165) is 44.0 Å². The maximum absolute atomic E-state index is 11.6. The number of amides is 3. The van der Waals surface area contributed by atoms with Crippen molar-refractivity contribution in [1.82, 2.24) is 25.5 Å². The normalized spacial score (nSPS) is 14.4. The van der Waals surface area contributed by atoms with Gasteiger partial charge in [0.1, 0.15) is 11.5 Å². The predicted octanol–water partition coefficient (Wildman–Crippen LogP) is 0.910. The molecule has 1 aliphatic heterocycles. The molecule has 2 aromatic heterocycles. The Bertz CT molecular complexity index is 817. The van der Waals surface area contributed by atoms with Gasteiger partial charge in [0.05, 0.1) is 11.9 Å². The van der Waals surface area contributed by atoms with Crippen LogP contribution in [0.4, 0.5) is 16.3 Å². The number of piperazine rings is 1. The van der Waals surface area contributed by atoms with Crippen molar-refractivity contribution in [1.29, 1.82) is 0 Å². The summed E-state index contributed by atoms with van der Waals surface area (Å²) in [6.45, 7) is 4.40. The zero-order valence-electron chi connectivity index (χ0n) is 16.1. The van der Waals surface area contributed by atoms with E-state index < -0.39 is 0 Å². The molecule has 0 spiro atoms. The molecule has 148 valence electrons. The van der Waals surface area contributed by atoms with E-state index in [1.807, 2.05) is 18.2 Å². The molecule has 0 bridgehead atoms. The van der Waals surface area contributed by atoms with Crippen molar-refractivity contribution in [3.63, 3.8) is 0 Å². The summed E-state index contributed by atoms with van der Waals surface area (Å²) in [5, 5.41) is 7.78. The Morgan fingerprint density at radius 1 is 1.04 bits per heavy atom. The van der Waals surface area contributed by atoms with E-state index in [1.165, 1.54) is 0 Å². The van der Waals surface area contributed by atoms with Crippen LogP contribution in [0.15, 0.2) is 36.7 Å². The van der Waals surface area contributed by atoms with Crippen LogP contribution in [0.5, 0.6) is 0 Å². The number of nitrogens with one attached hydrogen (secondary N) is 3. The maximum Gasteiger partial charge on any atom is 0.320 e. The number of aromatic nitrogens is 2. The minimum Gasteiger partial charge on any atom is -0.368 e. The third-order valence-electron chi connectivity index (χ3n) is 4.64. The van der Waals surface area contributed by atoms with Gasteiger partial charge in [0.25, 0.3) is 5.91 Å². The first-order valence-electron chi connectivity index (χ1n) is 9.18. The summed E-state index contributed by atoms with van der Waals surface area (Å²) in [6.07, 6.45) is 3.45. The molecule has 28 heavy (non-hydrogen) atoms. The van der Waals surface area contributed by atoms with E-state index in [4.69, 9.17) is 0 Å². The average Bonchev–Trinajstić information content (AvgIpc) is 2.74. The van der Waals surface area contributed by atoms with Gasteiger partial charge < -0.3 is 15.5 Å². The van der Waals surface area contributed by atoms with Gasteiger partial charge in [0.15, 0.2) is 0 Å². The molecule has 3 rings (SSSR count). The van der Waals surface area contributed by atoms with Gasteiger partial charge in [-0.25, -0.2) is 14.8 Å². The molecule has 0 unspecified atom stereocenters. The lowest BCUT2D eigenvalue weighted by Gasteiger charge is -2.36. The van der Waals surface area contributed by atoms with Crippen LogP contribution in [0.25, 0.3) is 0 Å². The summed E-state index contributed by atoms with van der Waals surface area (Å²) < 4.78 is 0. The summed E-state index contributed by atoms with van der Waals surface area (Å²) in [6, 6.07) is 7.26. The summed E-state index contributed by atoms with van der Waals surface area (Å²) >= 11 is 0. The average molecular weight is 383 g/mol. The Morgan fingerprint density at radius 2 is 1.82 bits per heavy atom. The first kappa shape index (κ1) is 19.6. The third-order valence-corrected chi connectivity index (χ3v) is 4.64. The number of carbonyl (C=O) groups excluding carboxylic acids is 2. The lowest BCUT2D eigenvalue weighted by molar-refractivity contribution is 0.0958. The van der Waals surface area contributed by atoms with Gasteiger partial charge in [0, 0.05) is 53.0 Å². The smallest absolute Gasteiger partial charge is 0.320 e. The molecule has 0 atom stereocenters. The van der Waals surface area contributed by atoms with Crippen molar-refractivity contribution < 1.29 is 9.59 Å². The number of hydrogen-bond donors (Lipinski definition) is 3. The summed E-state index contributed by atoms with van der Waals surface area (Å²) in [7, 11) is 3.16. The van der Waals surface area contributed by atoms with Crippen LogP contribution in [-0.4, -0.2) is 67.1 Å². The molecule has 9 heteroatoms.